The summed E-state index contributed by atoms with van der Waals surface area (Å²) < 4.78 is 104. The van der Waals surface area contributed by atoms with Crippen molar-refractivity contribution in [3.63, 3.8) is 0 Å². The second kappa shape index (κ2) is 37.1. The molecular formula is C81H102O18. The van der Waals surface area contributed by atoms with Gasteiger partial charge in [-0.1, -0.05) is 195 Å². The highest BCUT2D eigenvalue weighted by atomic mass is 16.8. The van der Waals surface area contributed by atoms with Crippen LogP contribution in [-0.4, -0.2) is 130 Å². The highest BCUT2D eigenvalue weighted by Crippen LogP contribution is 2.39. The number of esters is 3. The van der Waals surface area contributed by atoms with Gasteiger partial charge in [-0.15, -0.1) is 6.58 Å². The normalized spacial score (nSPS) is 25.9. The van der Waals surface area contributed by atoms with Crippen LogP contribution in [0.3, 0.4) is 0 Å². The lowest BCUT2D eigenvalue weighted by Crippen LogP contribution is -2.65. The molecule has 6 aromatic carbocycles. The van der Waals surface area contributed by atoms with Crippen molar-refractivity contribution in [2.24, 2.45) is 16.2 Å². The fourth-order valence-electron chi connectivity index (χ4n) is 11.5. The van der Waals surface area contributed by atoms with Gasteiger partial charge in [0.05, 0.1) is 81.8 Å². The monoisotopic (exact) mass is 1360 g/mol. The highest BCUT2D eigenvalue weighted by Gasteiger charge is 2.56. The summed E-state index contributed by atoms with van der Waals surface area (Å²) >= 11 is 0. The molecule has 0 aromatic heterocycles. The maximum absolute atomic E-state index is 14.7. The van der Waals surface area contributed by atoms with Gasteiger partial charge in [0.1, 0.15) is 48.8 Å². The molecule has 0 spiro atoms. The molecule has 99 heavy (non-hydrogen) atoms. The van der Waals surface area contributed by atoms with Crippen molar-refractivity contribution in [2.75, 3.05) is 19.8 Å². The lowest BCUT2D eigenvalue weighted by molar-refractivity contribution is -0.356. The SMILES string of the molecule is C=CCCCO[C@@H]1OC(CO[C@@H]2OC(CO[C@@H]3OC(CC)[C@H](OCc4ccccc4)[C@H](OCc4ccccc4)C3OC(=O)C(C)(C)C)[C@H](OCc3ccccc3)[C@H](OCc3ccccc3)C2OC(=O)C(C)(C)C)[C@H](OCc2ccccc2)[C@H](OCc2ccccc2)C1OC(=O)C(C)(C)C. The Morgan fingerprint density at radius 3 is 0.838 bits per heavy atom. The van der Waals surface area contributed by atoms with Gasteiger partial charge < -0.3 is 71.1 Å². The molecule has 9 rings (SSSR count). The number of ether oxygens (including phenoxy) is 15. The van der Waals surface area contributed by atoms with Gasteiger partial charge in [-0.25, -0.2) is 0 Å². The van der Waals surface area contributed by atoms with Gasteiger partial charge in [-0.3, -0.25) is 14.4 Å². The molecule has 3 aliphatic heterocycles. The van der Waals surface area contributed by atoms with Crippen LogP contribution >= 0.6 is 0 Å². The van der Waals surface area contributed by atoms with E-state index < -0.39 is 126 Å². The third kappa shape index (κ3) is 22.5. The first-order valence-electron chi connectivity index (χ1n) is 34.6. The van der Waals surface area contributed by atoms with Gasteiger partial charge in [0, 0.05) is 0 Å². The minimum Gasteiger partial charge on any atom is -0.454 e. The number of carbonyl (C=O) groups is 3. The molecule has 15 atom stereocenters. The van der Waals surface area contributed by atoms with E-state index in [1.807, 2.05) is 189 Å². The van der Waals surface area contributed by atoms with Crippen LogP contribution in [-0.2, 0) is 125 Å². The molecular weight excluding hydrogens is 1260 g/mol. The van der Waals surface area contributed by atoms with E-state index in [0.717, 1.165) is 33.4 Å². The van der Waals surface area contributed by atoms with Crippen LogP contribution in [0.15, 0.2) is 195 Å². The largest absolute Gasteiger partial charge is 0.454 e. The summed E-state index contributed by atoms with van der Waals surface area (Å²) in [4.78, 5) is 43.4. The number of hydrogen-bond acceptors (Lipinski definition) is 18. The maximum atomic E-state index is 14.7. The molecule has 3 heterocycles. The first kappa shape index (κ1) is 76.2. The topological polar surface area (TPSA) is 190 Å². The number of rotatable bonds is 33. The van der Waals surface area contributed by atoms with Gasteiger partial charge in [0.15, 0.2) is 37.2 Å². The van der Waals surface area contributed by atoms with Crippen molar-refractivity contribution < 1.29 is 85.4 Å². The highest BCUT2D eigenvalue weighted by molar-refractivity contribution is 5.76. The number of carbonyl (C=O) groups excluding carboxylic acids is 3. The van der Waals surface area contributed by atoms with E-state index >= 15 is 0 Å². The van der Waals surface area contributed by atoms with E-state index in [1.165, 1.54) is 0 Å². The zero-order valence-corrected chi connectivity index (χ0v) is 59.1. The molecule has 6 unspecified atom stereocenters. The molecule has 3 fully saturated rings. The van der Waals surface area contributed by atoms with Crippen molar-refractivity contribution in [1.29, 1.82) is 0 Å². The van der Waals surface area contributed by atoms with E-state index in [-0.39, 0.29) is 59.5 Å². The summed E-state index contributed by atoms with van der Waals surface area (Å²) in [5, 5.41) is 0. The molecule has 0 aliphatic carbocycles. The Morgan fingerprint density at radius 1 is 0.343 bits per heavy atom. The van der Waals surface area contributed by atoms with Crippen LogP contribution in [0, 0.1) is 16.2 Å². The van der Waals surface area contributed by atoms with Crippen LogP contribution in [0.2, 0.25) is 0 Å². The second-order valence-corrected chi connectivity index (χ2v) is 28.4. The second-order valence-electron chi connectivity index (χ2n) is 28.4. The van der Waals surface area contributed by atoms with Crippen LogP contribution in [0.4, 0.5) is 0 Å². The smallest absolute Gasteiger partial charge is 0.311 e. The molecule has 0 N–H and O–H groups in total. The van der Waals surface area contributed by atoms with E-state index in [2.05, 4.69) is 6.58 Å². The maximum Gasteiger partial charge on any atom is 0.311 e. The molecule has 534 valence electrons. The number of hydrogen-bond donors (Lipinski definition) is 0. The Labute approximate surface area is 585 Å². The van der Waals surface area contributed by atoms with Crippen LogP contribution < -0.4 is 0 Å². The van der Waals surface area contributed by atoms with E-state index in [1.54, 1.807) is 68.4 Å². The number of unbranched alkanes of at least 4 members (excludes halogenated alkanes) is 1. The predicted molar refractivity (Wildman–Crippen MR) is 372 cm³/mol. The Bertz CT molecular complexity index is 3340. The van der Waals surface area contributed by atoms with E-state index in [9.17, 15) is 14.4 Å². The summed E-state index contributed by atoms with van der Waals surface area (Å²) in [5.74, 6) is -1.60. The summed E-state index contributed by atoms with van der Waals surface area (Å²) in [6.07, 6.45) is -12.9. The fourth-order valence-corrected chi connectivity index (χ4v) is 11.5. The van der Waals surface area contributed by atoms with Gasteiger partial charge in [-0.2, -0.15) is 0 Å². The average molecular weight is 1360 g/mol. The Hall–Kier alpha value is -7.01. The Kier molecular flexibility index (Phi) is 28.5. The Morgan fingerprint density at radius 2 is 0.586 bits per heavy atom. The van der Waals surface area contributed by atoms with E-state index in [0.29, 0.717) is 19.3 Å². The minimum atomic E-state index is -1.46. The number of benzene rings is 6. The first-order chi connectivity index (χ1) is 47.7. The fraction of sp³-hybridized carbons (Fsp3) is 0.494. The zero-order valence-electron chi connectivity index (χ0n) is 59.1. The van der Waals surface area contributed by atoms with Crippen LogP contribution in [0.1, 0.15) is 122 Å². The molecule has 0 bridgehead atoms. The van der Waals surface area contributed by atoms with Crippen molar-refractivity contribution in [3.05, 3.63) is 228 Å². The molecule has 0 amide bonds. The lowest BCUT2D eigenvalue weighted by atomic mass is 9.94. The van der Waals surface area contributed by atoms with Crippen LogP contribution in [0.25, 0.3) is 0 Å². The summed E-state index contributed by atoms with van der Waals surface area (Å²) in [6, 6.07) is 58.2. The van der Waals surface area contributed by atoms with Crippen molar-refractivity contribution in [1.82, 2.24) is 0 Å². The predicted octanol–water partition coefficient (Wildman–Crippen LogP) is 14.0. The molecule has 3 aliphatic rings. The van der Waals surface area contributed by atoms with Crippen molar-refractivity contribution in [3.8, 4) is 0 Å². The average Bonchev–Trinajstić information content (AvgIpc) is 1.44. The van der Waals surface area contributed by atoms with Gasteiger partial charge in [0.25, 0.3) is 0 Å². The molecule has 3 saturated heterocycles. The van der Waals surface area contributed by atoms with Gasteiger partial charge in [0.2, 0.25) is 0 Å². The Balaban J connectivity index is 1.14. The molecule has 18 heteroatoms. The third-order valence-electron chi connectivity index (χ3n) is 17.1. The van der Waals surface area contributed by atoms with Gasteiger partial charge in [-0.05, 0) is 115 Å². The number of allylic oxidation sites excluding steroid dienone is 1. The molecule has 6 aromatic rings. The lowest BCUT2D eigenvalue weighted by Gasteiger charge is -2.48. The third-order valence-corrected chi connectivity index (χ3v) is 17.1. The van der Waals surface area contributed by atoms with Crippen LogP contribution in [0.5, 0.6) is 0 Å². The quantitative estimate of drug-likeness (QED) is 0.0163. The molecule has 0 radical (unpaired) electrons. The summed E-state index contributed by atoms with van der Waals surface area (Å²) in [5.41, 5.74) is 2.24. The molecule has 18 nitrogen and oxygen atoms in total. The van der Waals surface area contributed by atoms with Crippen molar-refractivity contribution in [2.45, 2.75) is 220 Å². The molecule has 0 saturated carbocycles. The summed E-state index contributed by atoms with van der Waals surface area (Å²) in [7, 11) is 0. The van der Waals surface area contributed by atoms with Crippen molar-refractivity contribution >= 4 is 17.9 Å². The standard InChI is InChI=1S/C81H102O18/c1-12-14-33-46-85-73-70(97-76(82)79(3,4)5)68(90-51-59-42-29-19-30-43-59)65(87-48-56-36-23-16-24-37-56)62(95-73)53-93-75-72(99-78(84)81(9,10)11)69(91-52-60-44-31-20-32-45-60)66(88-49-57-38-25-17-26-39-57)63(96-75)54-92-74-71(98-77(83)80(6,7)8)67(89-50-58-40-27-18-28-41-58)64(61(13-2)94-74)86-47-55-34-21-15-22-35-55/h12,15-32,34-45,61-75H,1,13-14,33,46-54H2,2-11H3/t61?,62?,63?,64-,65-,66-,67-,68-,69-,70?,71?,72?,73+,74+,75+/m0/s1. The summed E-state index contributed by atoms with van der Waals surface area (Å²) in [6.45, 7) is 22.1. The zero-order chi connectivity index (χ0) is 70.4. The van der Waals surface area contributed by atoms with Gasteiger partial charge >= 0.3 is 17.9 Å². The van der Waals surface area contributed by atoms with E-state index in [4.69, 9.17) is 71.1 Å². The first-order valence-corrected chi connectivity index (χ1v) is 34.6. The minimum absolute atomic E-state index is 0.0429.